The Kier molecular flexibility index (Phi) is 63.9. The molecule has 0 bridgehead atoms. The van der Waals surface area contributed by atoms with Crippen LogP contribution in [0.25, 0.3) is 0 Å². The first kappa shape index (κ1) is 74.0. The number of unbranched alkanes of at least 4 members (excludes halogenated alkanes) is 29. The van der Waals surface area contributed by atoms with Crippen LogP contribution in [0.2, 0.25) is 0 Å². The first-order valence-corrected chi connectivity index (χ1v) is 32.7. The molecule has 0 saturated heterocycles. The summed E-state index contributed by atoms with van der Waals surface area (Å²) in [6, 6.07) is 0. The lowest BCUT2D eigenvalue weighted by Crippen LogP contribution is -2.28. The van der Waals surface area contributed by atoms with Gasteiger partial charge < -0.3 is 14.6 Å². The van der Waals surface area contributed by atoms with Gasteiger partial charge in [-0.2, -0.15) is 0 Å². The Labute approximate surface area is 483 Å². The SMILES string of the molecule is CC/C=C\C/C=C\C/C=C\C/C=C\C/C=C\C/C=C\C/C=C\C/C=C\CCCCCCCCC(=O)OC(CO)COC(=O)CCCCCCCCCCCCCCCCCCCC/C=C\C/C=C\C/C=C\CCCCCCC. The average Bonchev–Trinajstić information content (AvgIpc) is 3.44. The highest BCUT2D eigenvalue weighted by molar-refractivity contribution is 5.70. The van der Waals surface area contributed by atoms with Crippen LogP contribution in [0.5, 0.6) is 0 Å². The Bertz CT molecular complexity index is 1600. The highest BCUT2D eigenvalue weighted by Gasteiger charge is 2.16. The van der Waals surface area contributed by atoms with Crippen molar-refractivity contribution in [2.45, 2.75) is 302 Å². The quantitative estimate of drug-likeness (QED) is 0.0373. The van der Waals surface area contributed by atoms with Gasteiger partial charge in [0.1, 0.15) is 6.61 Å². The van der Waals surface area contributed by atoms with Crippen molar-refractivity contribution in [1.29, 1.82) is 0 Å². The molecule has 0 fully saturated rings. The minimum absolute atomic E-state index is 0.0777. The minimum Gasteiger partial charge on any atom is -0.462 e. The van der Waals surface area contributed by atoms with Crippen molar-refractivity contribution >= 4 is 11.9 Å². The standard InChI is InChI=1S/C73H122O5/c1-3-5-7-9-11-13-15-17-19-21-23-25-27-29-31-33-35-36-38-39-41-43-45-47-49-51-53-55-57-59-61-63-65-67-72(75)77-70-71(69-74)78-73(76)68-66-64-62-60-58-56-54-52-50-48-46-44-42-40-37-34-32-30-28-26-24-22-20-18-16-14-12-10-8-6-4-2/h6,8,12,14-15,17-18,20-21,23-24,26-27,29-30,32,37,40,44,46,50,52,71,74H,3-5,7,9-11,13,16,19,22,25,28,31,33-36,38-39,41-43,45,47-49,51,53-70H2,1-2H3/b8-6-,14-12-,17-15-,20-18-,23-21-,26-24-,29-27-,32-30-,40-37-,46-44-,52-50-. The Morgan fingerprint density at radius 1 is 0.308 bits per heavy atom. The van der Waals surface area contributed by atoms with Crippen molar-refractivity contribution < 1.29 is 24.2 Å². The van der Waals surface area contributed by atoms with Crippen molar-refractivity contribution in [1.82, 2.24) is 0 Å². The first-order chi connectivity index (χ1) is 38.6. The number of rotatable bonds is 59. The summed E-state index contributed by atoms with van der Waals surface area (Å²) in [5.41, 5.74) is 0. The van der Waals surface area contributed by atoms with Gasteiger partial charge in [0.05, 0.1) is 6.61 Å². The fraction of sp³-hybridized carbons (Fsp3) is 0.671. The molecule has 5 nitrogen and oxygen atoms in total. The fourth-order valence-electron chi connectivity index (χ4n) is 9.05. The normalized spacial score (nSPS) is 13.1. The summed E-state index contributed by atoms with van der Waals surface area (Å²) in [6.45, 7) is 4.02. The molecule has 0 spiro atoms. The van der Waals surface area contributed by atoms with Crippen molar-refractivity contribution in [2.24, 2.45) is 0 Å². The molecule has 0 aromatic rings. The Morgan fingerprint density at radius 2 is 0.551 bits per heavy atom. The Morgan fingerprint density at radius 3 is 0.833 bits per heavy atom. The fourth-order valence-corrected chi connectivity index (χ4v) is 9.05. The number of carbonyl (C=O) groups is 2. The number of hydrogen-bond donors (Lipinski definition) is 1. The molecule has 0 amide bonds. The lowest BCUT2D eigenvalue weighted by atomic mass is 10.0. The molecule has 444 valence electrons. The van der Waals surface area contributed by atoms with Gasteiger partial charge in [-0.15, -0.1) is 0 Å². The van der Waals surface area contributed by atoms with E-state index in [0.717, 1.165) is 109 Å². The van der Waals surface area contributed by atoms with E-state index in [0.29, 0.717) is 12.8 Å². The maximum atomic E-state index is 12.3. The lowest BCUT2D eigenvalue weighted by Gasteiger charge is -2.15. The number of allylic oxidation sites excluding steroid dienone is 22. The van der Waals surface area contributed by atoms with Crippen LogP contribution >= 0.6 is 0 Å². The van der Waals surface area contributed by atoms with E-state index < -0.39 is 6.10 Å². The molecule has 0 aliphatic heterocycles. The number of carbonyl (C=O) groups excluding carboxylic acids is 2. The van der Waals surface area contributed by atoms with E-state index in [-0.39, 0.29) is 25.2 Å². The number of aliphatic hydroxyl groups excluding tert-OH is 1. The van der Waals surface area contributed by atoms with Crippen LogP contribution in [-0.4, -0.2) is 36.4 Å². The Balaban J connectivity index is 3.54. The summed E-state index contributed by atoms with van der Waals surface area (Å²) in [5.74, 6) is -0.607. The molecule has 1 N–H and O–H groups in total. The topological polar surface area (TPSA) is 72.8 Å². The lowest BCUT2D eigenvalue weighted by molar-refractivity contribution is -0.161. The molecule has 0 aromatic carbocycles. The second-order valence-electron chi connectivity index (χ2n) is 21.5. The highest BCUT2D eigenvalue weighted by atomic mass is 16.6. The molecule has 0 aromatic heterocycles. The first-order valence-electron chi connectivity index (χ1n) is 32.7. The molecule has 1 unspecified atom stereocenters. The van der Waals surface area contributed by atoms with Crippen LogP contribution in [0.4, 0.5) is 0 Å². The van der Waals surface area contributed by atoms with Crippen molar-refractivity contribution in [3.63, 3.8) is 0 Å². The van der Waals surface area contributed by atoms with Gasteiger partial charge in [0.15, 0.2) is 6.10 Å². The maximum Gasteiger partial charge on any atom is 0.306 e. The van der Waals surface area contributed by atoms with E-state index in [2.05, 4.69) is 148 Å². The van der Waals surface area contributed by atoms with E-state index in [9.17, 15) is 14.7 Å². The van der Waals surface area contributed by atoms with Gasteiger partial charge in [-0.3, -0.25) is 9.59 Å². The molecule has 0 rings (SSSR count). The molecule has 0 heterocycles. The monoisotopic (exact) mass is 1080 g/mol. The van der Waals surface area contributed by atoms with Gasteiger partial charge in [0.2, 0.25) is 0 Å². The van der Waals surface area contributed by atoms with Gasteiger partial charge in [-0.1, -0.05) is 302 Å². The van der Waals surface area contributed by atoms with E-state index in [1.54, 1.807) is 0 Å². The van der Waals surface area contributed by atoms with Crippen molar-refractivity contribution in [3.05, 3.63) is 134 Å². The summed E-state index contributed by atoms with van der Waals surface area (Å²) in [7, 11) is 0. The summed E-state index contributed by atoms with van der Waals surface area (Å²) in [5, 5.41) is 9.69. The van der Waals surface area contributed by atoms with Crippen LogP contribution in [-0.2, 0) is 19.1 Å². The van der Waals surface area contributed by atoms with Crippen LogP contribution in [0.3, 0.4) is 0 Å². The smallest absolute Gasteiger partial charge is 0.306 e. The predicted octanol–water partition coefficient (Wildman–Crippen LogP) is 22.8. The molecule has 0 saturated carbocycles. The van der Waals surface area contributed by atoms with Crippen molar-refractivity contribution in [3.8, 4) is 0 Å². The van der Waals surface area contributed by atoms with Gasteiger partial charge in [-0.25, -0.2) is 0 Å². The van der Waals surface area contributed by atoms with Gasteiger partial charge in [0, 0.05) is 12.8 Å². The largest absolute Gasteiger partial charge is 0.462 e. The zero-order valence-corrected chi connectivity index (χ0v) is 50.9. The van der Waals surface area contributed by atoms with Gasteiger partial charge >= 0.3 is 11.9 Å². The third-order valence-electron chi connectivity index (χ3n) is 13.9. The van der Waals surface area contributed by atoms with Crippen molar-refractivity contribution in [2.75, 3.05) is 13.2 Å². The summed E-state index contributed by atoms with van der Waals surface area (Å²) in [6.07, 6.45) is 100. The third kappa shape index (κ3) is 64.6. The molecule has 0 radical (unpaired) electrons. The number of aliphatic hydroxyl groups is 1. The molecular formula is C73H122O5. The zero-order chi connectivity index (χ0) is 56.2. The van der Waals surface area contributed by atoms with E-state index >= 15 is 0 Å². The Hall–Kier alpha value is -3.96. The van der Waals surface area contributed by atoms with E-state index in [4.69, 9.17) is 9.47 Å². The summed E-state index contributed by atoms with van der Waals surface area (Å²) >= 11 is 0. The number of ether oxygens (including phenoxy) is 2. The molecular weight excluding hydrogens is 957 g/mol. The van der Waals surface area contributed by atoms with Gasteiger partial charge in [0.25, 0.3) is 0 Å². The second kappa shape index (κ2) is 67.3. The van der Waals surface area contributed by atoms with Crippen LogP contribution in [0.1, 0.15) is 296 Å². The molecule has 5 heteroatoms. The number of esters is 2. The van der Waals surface area contributed by atoms with E-state index in [1.165, 1.54) is 161 Å². The third-order valence-corrected chi connectivity index (χ3v) is 13.9. The minimum atomic E-state index is -0.790. The highest BCUT2D eigenvalue weighted by Crippen LogP contribution is 2.16. The predicted molar refractivity (Wildman–Crippen MR) is 343 cm³/mol. The number of hydrogen-bond acceptors (Lipinski definition) is 5. The average molecular weight is 1080 g/mol. The molecule has 1 atom stereocenters. The van der Waals surface area contributed by atoms with Crippen LogP contribution in [0.15, 0.2) is 134 Å². The van der Waals surface area contributed by atoms with Gasteiger partial charge in [-0.05, 0) is 116 Å². The summed E-state index contributed by atoms with van der Waals surface area (Å²) < 4.78 is 10.7. The zero-order valence-electron chi connectivity index (χ0n) is 50.9. The van der Waals surface area contributed by atoms with E-state index in [1.807, 2.05) is 0 Å². The summed E-state index contributed by atoms with van der Waals surface area (Å²) in [4.78, 5) is 24.6. The molecule has 0 aliphatic rings. The molecule has 78 heavy (non-hydrogen) atoms. The second-order valence-corrected chi connectivity index (χ2v) is 21.5. The molecule has 0 aliphatic carbocycles. The van der Waals surface area contributed by atoms with Crippen LogP contribution in [0, 0.1) is 0 Å². The van der Waals surface area contributed by atoms with Crippen LogP contribution < -0.4 is 0 Å². The maximum absolute atomic E-state index is 12.3.